The van der Waals surface area contributed by atoms with Crippen LogP contribution in [0.2, 0.25) is 0 Å². The molecule has 226 valence electrons. The fraction of sp³-hybridized carbons (Fsp3) is 0.333. The van der Waals surface area contributed by atoms with E-state index < -0.39 is 41.9 Å². The van der Waals surface area contributed by atoms with Crippen LogP contribution in [0.5, 0.6) is 5.75 Å². The van der Waals surface area contributed by atoms with E-state index in [4.69, 9.17) is 11.5 Å². The van der Waals surface area contributed by atoms with E-state index in [1.165, 1.54) is 4.90 Å². The summed E-state index contributed by atoms with van der Waals surface area (Å²) in [6, 6.07) is 19.6. The number of phenolic OH excluding ortho intramolecular Hbond substituents is 1. The van der Waals surface area contributed by atoms with E-state index in [1.54, 1.807) is 18.2 Å². The molecule has 10 heteroatoms. The number of nitrogens with one attached hydrogen (secondary N) is 2. The Balaban J connectivity index is 1.47. The number of rotatable bonds is 12. The average Bonchev–Trinajstić information content (AvgIpc) is 3.49. The first kappa shape index (κ1) is 31.2. The maximum absolute atomic E-state index is 13.6. The summed E-state index contributed by atoms with van der Waals surface area (Å²) < 4.78 is 0. The van der Waals surface area contributed by atoms with Crippen molar-refractivity contribution in [2.45, 2.75) is 63.2 Å². The standard InChI is InChI=1S/C33H39N5O5/c1-21-17-25(39)15-14-24(21)20-26(34)33(43)38-16-8-13-29(38)32(42)37-28(19-23-11-6-3-7-12-23)31(41)36-27(30(35)40)18-22-9-4-2-5-10-22/h2-7,9-12,14-15,17,26-29,39H,8,13,16,18-20,34H2,1H3,(H2,35,40)(H,36,41)(H,37,42)/t26?,27-,28-,29-/m0/s1. The van der Waals surface area contributed by atoms with E-state index in [9.17, 15) is 24.3 Å². The number of aromatic hydroxyl groups is 1. The summed E-state index contributed by atoms with van der Waals surface area (Å²) in [5, 5.41) is 15.3. The number of hydrogen-bond donors (Lipinski definition) is 5. The minimum Gasteiger partial charge on any atom is -0.508 e. The quantitative estimate of drug-likeness (QED) is 0.216. The van der Waals surface area contributed by atoms with Crippen molar-refractivity contribution in [2.75, 3.05) is 6.54 Å². The van der Waals surface area contributed by atoms with Gasteiger partial charge in [-0.1, -0.05) is 66.7 Å². The molecule has 3 aromatic rings. The molecule has 10 nitrogen and oxygen atoms in total. The van der Waals surface area contributed by atoms with Crippen LogP contribution >= 0.6 is 0 Å². The van der Waals surface area contributed by atoms with Gasteiger partial charge in [0, 0.05) is 19.4 Å². The average molecular weight is 586 g/mol. The molecular formula is C33H39N5O5. The number of nitrogens with zero attached hydrogens (tertiary/aromatic N) is 1. The van der Waals surface area contributed by atoms with E-state index >= 15 is 0 Å². The third-order valence-electron chi connectivity index (χ3n) is 7.78. The smallest absolute Gasteiger partial charge is 0.243 e. The Morgan fingerprint density at radius 3 is 2.07 bits per heavy atom. The zero-order chi connectivity index (χ0) is 30.9. The van der Waals surface area contributed by atoms with Crippen LogP contribution in [0, 0.1) is 6.92 Å². The van der Waals surface area contributed by atoms with Crippen molar-refractivity contribution in [3.8, 4) is 5.75 Å². The van der Waals surface area contributed by atoms with Crippen molar-refractivity contribution in [1.29, 1.82) is 0 Å². The number of amides is 4. The Labute approximate surface area is 251 Å². The maximum Gasteiger partial charge on any atom is 0.243 e. The lowest BCUT2D eigenvalue weighted by Crippen LogP contribution is -2.58. The maximum atomic E-state index is 13.6. The van der Waals surface area contributed by atoms with Gasteiger partial charge >= 0.3 is 0 Å². The molecule has 0 aliphatic carbocycles. The van der Waals surface area contributed by atoms with Crippen molar-refractivity contribution in [1.82, 2.24) is 15.5 Å². The van der Waals surface area contributed by atoms with E-state index in [-0.39, 0.29) is 30.9 Å². The predicted octanol–water partition coefficient (Wildman–Crippen LogP) is 1.50. The van der Waals surface area contributed by atoms with Gasteiger partial charge in [-0.15, -0.1) is 0 Å². The number of hydrogen-bond acceptors (Lipinski definition) is 6. The van der Waals surface area contributed by atoms with E-state index in [2.05, 4.69) is 10.6 Å². The van der Waals surface area contributed by atoms with Gasteiger partial charge < -0.3 is 32.1 Å². The van der Waals surface area contributed by atoms with Gasteiger partial charge in [-0.2, -0.15) is 0 Å². The molecule has 0 aromatic heterocycles. The van der Waals surface area contributed by atoms with Gasteiger partial charge in [0.25, 0.3) is 0 Å². The Kier molecular flexibility index (Phi) is 10.5. The molecule has 1 heterocycles. The lowest BCUT2D eigenvalue weighted by atomic mass is 10.00. The number of phenols is 1. The summed E-state index contributed by atoms with van der Waals surface area (Å²) in [7, 11) is 0. The third-order valence-corrected chi connectivity index (χ3v) is 7.78. The highest BCUT2D eigenvalue weighted by Gasteiger charge is 2.38. The molecule has 1 aliphatic rings. The summed E-state index contributed by atoms with van der Waals surface area (Å²) in [6.07, 6.45) is 1.68. The monoisotopic (exact) mass is 585 g/mol. The van der Waals surface area contributed by atoms with Crippen LogP contribution in [0.4, 0.5) is 0 Å². The van der Waals surface area contributed by atoms with E-state index in [0.29, 0.717) is 19.4 Å². The number of likely N-dealkylation sites (tertiary alicyclic amines) is 1. The Hall–Kier alpha value is -4.70. The first-order valence-electron chi connectivity index (χ1n) is 14.4. The molecule has 0 saturated carbocycles. The summed E-state index contributed by atoms with van der Waals surface area (Å²) in [5.41, 5.74) is 15.2. The summed E-state index contributed by atoms with van der Waals surface area (Å²) in [5.74, 6) is -1.92. The van der Waals surface area contributed by atoms with Crippen molar-refractivity contribution < 1.29 is 24.3 Å². The zero-order valence-electron chi connectivity index (χ0n) is 24.2. The second-order valence-corrected chi connectivity index (χ2v) is 11.0. The molecular weight excluding hydrogens is 546 g/mol. The molecule has 7 N–H and O–H groups in total. The first-order chi connectivity index (χ1) is 20.6. The number of carbonyl (C=O) groups excluding carboxylic acids is 4. The van der Waals surface area contributed by atoms with Crippen molar-refractivity contribution >= 4 is 23.6 Å². The van der Waals surface area contributed by atoms with Crippen LogP contribution in [-0.2, 0) is 38.4 Å². The third kappa shape index (κ3) is 8.42. The van der Waals surface area contributed by atoms with Crippen LogP contribution in [0.1, 0.15) is 35.1 Å². The topological polar surface area (TPSA) is 168 Å². The second-order valence-electron chi connectivity index (χ2n) is 11.0. The van der Waals surface area contributed by atoms with Crippen LogP contribution in [0.3, 0.4) is 0 Å². The van der Waals surface area contributed by atoms with Gasteiger partial charge in [0.1, 0.15) is 23.9 Å². The summed E-state index contributed by atoms with van der Waals surface area (Å²) in [6.45, 7) is 2.20. The lowest BCUT2D eigenvalue weighted by Gasteiger charge is -2.29. The van der Waals surface area contributed by atoms with Gasteiger partial charge in [-0.05, 0) is 60.6 Å². The normalized spacial score (nSPS) is 16.6. The molecule has 4 rings (SSSR count). The molecule has 1 fully saturated rings. The van der Waals surface area contributed by atoms with E-state index in [0.717, 1.165) is 22.3 Å². The SMILES string of the molecule is Cc1cc(O)ccc1CC(N)C(=O)N1CCC[C@H]1C(=O)N[C@@H](Cc1ccccc1)C(=O)N[C@@H](Cc1ccccc1)C(N)=O. The summed E-state index contributed by atoms with van der Waals surface area (Å²) >= 11 is 0. The molecule has 1 unspecified atom stereocenters. The number of aryl methyl sites for hydroxylation is 1. The zero-order valence-corrected chi connectivity index (χ0v) is 24.2. The highest BCUT2D eigenvalue weighted by Crippen LogP contribution is 2.21. The minimum absolute atomic E-state index is 0.133. The van der Waals surface area contributed by atoms with Gasteiger partial charge in [0.2, 0.25) is 23.6 Å². The van der Waals surface area contributed by atoms with Crippen molar-refractivity contribution in [2.24, 2.45) is 11.5 Å². The van der Waals surface area contributed by atoms with Crippen molar-refractivity contribution in [3.63, 3.8) is 0 Å². The number of carbonyl (C=O) groups is 4. The number of nitrogens with two attached hydrogens (primary N) is 2. The fourth-order valence-corrected chi connectivity index (χ4v) is 5.42. The Morgan fingerprint density at radius 2 is 1.49 bits per heavy atom. The summed E-state index contributed by atoms with van der Waals surface area (Å²) in [4.78, 5) is 54.3. The number of primary amides is 1. The fourth-order valence-electron chi connectivity index (χ4n) is 5.42. The number of benzene rings is 3. The van der Waals surface area contributed by atoms with Crippen LogP contribution in [0.25, 0.3) is 0 Å². The van der Waals surface area contributed by atoms with Crippen LogP contribution in [-0.4, -0.2) is 64.3 Å². The van der Waals surface area contributed by atoms with Crippen LogP contribution in [0.15, 0.2) is 78.9 Å². The molecule has 1 saturated heterocycles. The molecule has 0 spiro atoms. The highest BCUT2D eigenvalue weighted by atomic mass is 16.3. The molecule has 4 amide bonds. The minimum atomic E-state index is -1.02. The second kappa shape index (κ2) is 14.5. The molecule has 43 heavy (non-hydrogen) atoms. The predicted molar refractivity (Wildman–Crippen MR) is 163 cm³/mol. The van der Waals surface area contributed by atoms with Gasteiger partial charge in [-0.3, -0.25) is 19.2 Å². The van der Waals surface area contributed by atoms with Gasteiger partial charge in [0.15, 0.2) is 0 Å². The highest BCUT2D eigenvalue weighted by molar-refractivity contribution is 5.95. The molecule has 0 radical (unpaired) electrons. The first-order valence-corrected chi connectivity index (χ1v) is 14.4. The Morgan fingerprint density at radius 1 is 0.884 bits per heavy atom. The van der Waals surface area contributed by atoms with E-state index in [1.807, 2.05) is 67.6 Å². The van der Waals surface area contributed by atoms with Crippen molar-refractivity contribution in [3.05, 3.63) is 101 Å². The molecule has 0 bridgehead atoms. The molecule has 3 aromatic carbocycles. The largest absolute Gasteiger partial charge is 0.508 e. The van der Waals surface area contributed by atoms with Crippen LogP contribution < -0.4 is 22.1 Å². The lowest BCUT2D eigenvalue weighted by molar-refractivity contribution is -0.140. The van der Waals surface area contributed by atoms with Gasteiger partial charge in [-0.25, -0.2) is 0 Å². The Bertz CT molecular complexity index is 1430. The molecule has 4 atom stereocenters. The van der Waals surface area contributed by atoms with Gasteiger partial charge in [0.05, 0.1) is 6.04 Å². The molecule has 1 aliphatic heterocycles.